The van der Waals surface area contributed by atoms with E-state index < -0.39 is 6.10 Å². The Morgan fingerprint density at radius 2 is 2.05 bits per heavy atom. The maximum Gasteiger partial charge on any atom is 0.222 e. The fourth-order valence-electron chi connectivity index (χ4n) is 2.80. The van der Waals surface area contributed by atoms with Crippen molar-refractivity contribution in [3.8, 4) is 0 Å². The van der Waals surface area contributed by atoms with Crippen LogP contribution in [0.1, 0.15) is 38.7 Å². The summed E-state index contributed by atoms with van der Waals surface area (Å²) in [5.74, 6) is 0.0677. The van der Waals surface area contributed by atoms with Crippen molar-refractivity contribution in [1.82, 2.24) is 5.32 Å². The smallest absolute Gasteiger partial charge is 0.222 e. The number of nitrogens with zero attached hydrogens (tertiary/aromatic N) is 1. The Balaban J connectivity index is 1.88. The van der Waals surface area contributed by atoms with Crippen molar-refractivity contribution >= 4 is 11.6 Å². The molecule has 0 radical (unpaired) electrons. The molecule has 1 saturated heterocycles. The van der Waals surface area contributed by atoms with Crippen molar-refractivity contribution in [3.63, 3.8) is 0 Å². The highest BCUT2D eigenvalue weighted by Gasteiger charge is 2.23. The van der Waals surface area contributed by atoms with Crippen LogP contribution in [0.2, 0.25) is 0 Å². The molecule has 1 aliphatic heterocycles. The number of hydrogen-bond acceptors (Lipinski definition) is 3. The molecule has 1 fully saturated rings. The van der Waals surface area contributed by atoms with Gasteiger partial charge >= 0.3 is 0 Å². The van der Waals surface area contributed by atoms with Crippen LogP contribution < -0.4 is 10.2 Å². The number of rotatable bonds is 5. The third-order valence-corrected chi connectivity index (χ3v) is 4.35. The van der Waals surface area contributed by atoms with Gasteiger partial charge in [0.15, 0.2) is 0 Å². The number of hydrogen-bond donors (Lipinski definition) is 2. The van der Waals surface area contributed by atoms with E-state index in [1.807, 2.05) is 13.8 Å². The lowest BCUT2D eigenvalue weighted by Gasteiger charge is -2.35. The van der Waals surface area contributed by atoms with Crippen LogP contribution in [-0.2, 0) is 4.79 Å². The van der Waals surface area contributed by atoms with Crippen molar-refractivity contribution in [2.45, 2.75) is 52.2 Å². The molecule has 122 valence electrons. The molecule has 1 aromatic rings. The van der Waals surface area contributed by atoms with Gasteiger partial charge in [-0.25, -0.2) is 0 Å². The molecule has 2 unspecified atom stereocenters. The van der Waals surface area contributed by atoms with Gasteiger partial charge in [-0.15, -0.1) is 0 Å². The third-order valence-electron chi connectivity index (χ3n) is 4.35. The van der Waals surface area contributed by atoms with Crippen LogP contribution in [0, 0.1) is 12.8 Å². The predicted octanol–water partition coefficient (Wildman–Crippen LogP) is 2.49. The Morgan fingerprint density at radius 3 is 2.68 bits per heavy atom. The zero-order valence-corrected chi connectivity index (χ0v) is 13.9. The van der Waals surface area contributed by atoms with Crippen molar-refractivity contribution in [2.75, 3.05) is 18.0 Å². The van der Waals surface area contributed by atoms with Crippen LogP contribution in [0.5, 0.6) is 0 Å². The molecule has 2 atom stereocenters. The van der Waals surface area contributed by atoms with Gasteiger partial charge in [-0.2, -0.15) is 0 Å². The number of carbonyl (C=O) groups excluding carboxylic acids is 1. The average Bonchev–Trinajstić information content (AvgIpc) is 2.48. The Kier molecular flexibility index (Phi) is 5.83. The number of aliphatic hydroxyl groups excluding tert-OH is 1. The maximum atomic E-state index is 12.0. The molecule has 0 aliphatic carbocycles. The van der Waals surface area contributed by atoms with Crippen LogP contribution in [0.25, 0.3) is 0 Å². The summed E-state index contributed by atoms with van der Waals surface area (Å²) in [4.78, 5) is 14.4. The van der Waals surface area contributed by atoms with E-state index in [1.165, 1.54) is 11.3 Å². The first kappa shape index (κ1) is 16.8. The summed E-state index contributed by atoms with van der Waals surface area (Å²) in [5, 5.41) is 12.9. The number of aliphatic hydroxyl groups is 1. The Morgan fingerprint density at radius 1 is 1.36 bits per heavy atom. The molecule has 0 bridgehead atoms. The molecule has 1 aromatic carbocycles. The molecule has 4 nitrogen and oxygen atoms in total. The van der Waals surface area contributed by atoms with Crippen molar-refractivity contribution in [2.24, 2.45) is 5.92 Å². The summed E-state index contributed by atoms with van der Waals surface area (Å²) >= 11 is 0. The zero-order chi connectivity index (χ0) is 16.1. The second kappa shape index (κ2) is 7.63. The Hall–Kier alpha value is -1.55. The zero-order valence-electron chi connectivity index (χ0n) is 13.9. The molecule has 1 aliphatic rings. The SMILES string of the molecule is Cc1ccc(N2CCCC(NC(=O)CC(O)C(C)C)C2)cc1. The maximum absolute atomic E-state index is 12.0. The van der Waals surface area contributed by atoms with Crippen LogP contribution in [0.4, 0.5) is 5.69 Å². The number of aryl methyl sites for hydroxylation is 1. The topological polar surface area (TPSA) is 52.6 Å². The second-order valence-electron chi connectivity index (χ2n) is 6.70. The van der Waals surface area contributed by atoms with Gasteiger partial charge in [0.2, 0.25) is 5.91 Å². The summed E-state index contributed by atoms with van der Waals surface area (Å²) in [6.45, 7) is 7.81. The fraction of sp³-hybridized carbons (Fsp3) is 0.611. The highest BCUT2D eigenvalue weighted by molar-refractivity contribution is 5.76. The van der Waals surface area contributed by atoms with Crippen LogP contribution in [0.3, 0.4) is 0 Å². The van der Waals surface area contributed by atoms with Gasteiger partial charge in [-0.1, -0.05) is 31.5 Å². The van der Waals surface area contributed by atoms with Crippen molar-refractivity contribution < 1.29 is 9.90 Å². The van der Waals surface area contributed by atoms with Gasteiger partial charge in [0.25, 0.3) is 0 Å². The largest absolute Gasteiger partial charge is 0.392 e. The molecular formula is C18H28N2O2. The van der Waals surface area contributed by atoms with Crippen molar-refractivity contribution in [1.29, 1.82) is 0 Å². The monoisotopic (exact) mass is 304 g/mol. The fourth-order valence-corrected chi connectivity index (χ4v) is 2.80. The Labute approximate surface area is 133 Å². The Bertz CT molecular complexity index is 484. The molecule has 0 spiro atoms. The highest BCUT2D eigenvalue weighted by atomic mass is 16.3. The first-order valence-corrected chi connectivity index (χ1v) is 8.24. The van der Waals surface area contributed by atoms with E-state index in [0.717, 1.165) is 25.9 Å². The molecular weight excluding hydrogens is 276 g/mol. The third kappa shape index (κ3) is 4.73. The lowest BCUT2D eigenvalue weighted by Crippen LogP contribution is -2.48. The van der Waals surface area contributed by atoms with Gasteiger partial charge in [0.1, 0.15) is 0 Å². The normalized spacial score (nSPS) is 20.0. The van der Waals surface area contributed by atoms with Gasteiger partial charge in [0.05, 0.1) is 12.5 Å². The first-order chi connectivity index (χ1) is 10.5. The number of amides is 1. The van der Waals surface area contributed by atoms with Gasteiger partial charge < -0.3 is 15.3 Å². The van der Waals surface area contributed by atoms with E-state index in [-0.39, 0.29) is 24.3 Å². The minimum atomic E-state index is -0.559. The number of nitrogens with one attached hydrogen (secondary N) is 1. The number of carbonyl (C=O) groups is 1. The van der Waals surface area contributed by atoms with E-state index in [9.17, 15) is 9.90 Å². The average molecular weight is 304 g/mol. The van der Waals surface area contributed by atoms with E-state index in [1.54, 1.807) is 0 Å². The minimum absolute atomic E-state index is 0.0445. The van der Waals surface area contributed by atoms with Gasteiger partial charge in [-0.3, -0.25) is 4.79 Å². The number of piperidine rings is 1. The summed E-state index contributed by atoms with van der Waals surface area (Å²) in [7, 11) is 0. The molecule has 1 heterocycles. The van der Waals surface area contributed by atoms with E-state index in [4.69, 9.17) is 0 Å². The summed E-state index contributed by atoms with van der Waals surface area (Å²) in [6.07, 6.45) is 1.72. The van der Waals surface area contributed by atoms with Crippen LogP contribution >= 0.6 is 0 Å². The lowest BCUT2D eigenvalue weighted by molar-refractivity contribution is -0.124. The quantitative estimate of drug-likeness (QED) is 0.879. The summed E-state index contributed by atoms with van der Waals surface area (Å²) in [5.41, 5.74) is 2.47. The standard InChI is InChI=1S/C18H28N2O2/c1-13(2)17(21)11-18(22)19-15-5-4-10-20(12-15)16-8-6-14(3)7-9-16/h6-9,13,15,17,21H,4-5,10-12H2,1-3H3,(H,19,22). The molecule has 2 rings (SSSR count). The number of anilines is 1. The summed E-state index contributed by atoms with van der Waals surface area (Å²) < 4.78 is 0. The molecule has 1 amide bonds. The molecule has 22 heavy (non-hydrogen) atoms. The van der Waals surface area contributed by atoms with E-state index in [2.05, 4.69) is 41.4 Å². The first-order valence-electron chi connectivity index (χ1n) is 8.24. The van der Waals surface area contributed by atoms with Gasteiger partial charge in [-0.05, 0) is 37.8 Å². The van der Waals surface area contributed by atoms with E-state index in [0.29, 0.717) is 0 Å². The highest BCUT2D eigenvalue weighted by Crippen LogP contribution is 2.20. The molecule has 4 heteroatoms. The predicted molar refractivity (Wildman–Crippen MR) is 90.0 cm³/mol. The van der Waals surface area contributed by atoms with Crippen LogP contribution in [0.15, 0.2) is 24.3 Å². The minimum Gasteiger partial charge on any atom is -0.392 e. The summed E-state index contributed by atoms with van der Waals surface area (Å²) in [6, 6.07) is 8.69. The van der Waals surface area contributed by atoms with Gasteiger partial charge in [0, 0.05) is 24.8 Å². The number of benzene rings is 1. The lowest BCUT2D eigenvalue weighted by atomic mass is 10.0. The molecule has 2 N–H and O–H groups in total. The van der Waals surface area contributed by atoms with Crippen LogP contribution in [-0.4, -0.2) is 36.2 Å². The van der Waals surface area contributed by atoms with E-state index >= 15 is 0 Å². The molecule has 0 aromatic heterocycles. The van der Waals surface area contributed by atoms with Crippen molar-refractivity contribution in [3.05, 3.63) is 29.8 Å². The molecule has 0 saturated carbocycles. The second-order valence-corrected chi connectivity index (χ2v) is 6.70.